The SMILES string of the molecule is CC1(C)C(=O)Nc2nc(-c3nn(Cc4ncccc4F)c4ncc(F)cc34)nc(C(N)=O)c21. The van der Waals surface area contributed by atoms with Crippen LogP contribution in [0.15, 0.2) is 30.6 Å². The molecule has 1 aliphatic heterocycles. The van der Waals surface area contributed by atoms with Crippen molar-refractivity contribution in [3.63, 3.8) is 0 Å². The molecule has 0 spiro atoms. The van der Waals surface area contributed by atoms with Gasteiger partial charge in [0.25, 0.3) is 5.91 Å². The van der Waals surface area contributed by atoms with Crippen LogP contribution < -0.4 is 11.1 Å². The molecule has 4 aromatic heterocycles. The Kier molecular flexibility index (Phi) is 4.41. The number of anilines is 1. The maximum absolute atomic E-state index is 14.2. The lowest BCUT2D eigenvalue weighted by Gasteiger charge is -2.16. The highest BCUT2D eigenvalue weighted by atomic mass is 19.1. The van der Waals surface area contributed by atoms with Crippen molar-refractivity contribution in [3.05, 3.63) is 59.2 Å². The van der Waals surface area contributed by atoms with Gasteiger partial charge < -0.3 is 11.1 Å². The molecule has 0 fully saturated rings. The molecular weight excluding hydrogens is 434 g/mol. The molecule has 0 unspecified atom stereocenters. The number of hydrogen-bond acceptors (Lipinski definition) is 7. The lowest BCUT2D eigenvalue weighted by molar-refractivity contribution is -0.119. The van der Waals surface area contributed by atoms with Crippen LogP contribution in [0, 0.1) is 11.6 Å². The molecule has 0 atom stereocenters. The highest BCUT2D eigenvalue weighted by molar-refractivity contribution is 6.09. The van der Waals surface area contributed by atoms with E-state index in [1.807, 2.05) is 0 Å². The van der Waals surface area contributed by atoms with E-state index in [0.29, 0.717) is 0 Å². The second kappa shape index (κ2) is 7.08. The average molecular weight is 450 g/mol. The van der Waals surface area contributed by atoms with Crippen LogP contribution in [0.5, 0.6) is 0 Å². The summed E-state index contributed by atoms with van der Waals surface area (Å²) in [5.41, 5.74) is 4.99. The third kappa shape index (κ3) is 3.18. The van der Waals surface area contributed by atoms with Crippen LogP contribution in [0.25, 0.3) is 22.6 Å². The quantitative estimate of drug-likeness (QED) is 0.484. The third-order valence-corrected chi connectivity index (χ3v) is 5.47. The zero-order valence-electron chi connectivity index (χ0n) is 17.4. The molecule has 0 saturated carbocycles. The second-order valence-corrected chi connectivity index (χ2v) is 8.03. The van der Waals surface area contributed by atoms with Crippen LogP contribution >= 0.6 is 0 Å². The van der Waals surface area contributed by atoms with Gasteiger partial charge in [0.15, 0.2) is 11.5 Å². The number of rotatable bonds is 4. The fourth-order valence-corrected chi connectivity index (χ4v) is 3.79. The lowest BCUT2D eigenvalue weighted by Crippen LogP contribution is -2.29. The van der Waals surface area contributed by atoms with Crippen LogP contribution in [0.2, 0.25) is 0 Å². The van der Waals surface area contributed by atoms with Gasteiger partial charge >= 0.3 is 0 Å². The number of nitrogens with two attached hydrogens (primary N) is 1. The molecule has 4 aromatic rings. The summed E-state index contributed by atoms with van der Waals surface area (Å²) in [7, 11) is 0. The standard InChI is InChI=1S/C21H16F2N8O2/c1-21(2)13-15(16(24)32)27-18(28-17(13)29-20(21)33)14-10-6-9(22)7-26-19(10)31(30-14)8-12-11(23)4-3-5-25-12/h3-7H,8H2,1-2H3,(H2,24,32)(H,27,28,29,33). The molecular formula is C21H16F2N8O2. The zero-order chi connectivity index (χ0) is 23.5. The van der Waals surface area contributed by atoms with E-state index in [2.05, 4.69) is 30.4 Å². The first kappa shape index (κ1) is 20.5. The number of carbonyl (C=O) groups excluding carboxylic acids is 2. The van der Waals surface area contributed by atoms with Crippen LogP contribution in [0.4, 0.5) is 14.6 Å². The molecule has 5 rings (SSSR count). The topological polar surface area (TPSA) is 142 Å². The van der Waals surface area contributed by atoms with Crippen molar-refractivity contribution in [2.24, 2.45) is 5.73 Å². The van der Waals surface area contributed by atoms with Gasteiger partial charge in [-0.15, -0.1) is 0 Å². The summed E-state index contributed by atoms with van der Waals surface area (Å²) in [6.07, 6.45) is 2.44. The van der Waals surface area contributed by atoms with Gasteiger partial charge in [-0.1, -0.05) is 0 Å². The summed E-state index contributed by atoms with van der Waals surface area (Å²) < 4.78 is 29.6. The highest BCUT2D eigenvalue weighted by Gasteiger charge is 2.43. The minimum Gasteiger partial charge on any atom is -0.364 e. The van der Waals surface area contributed by atoms with Crippen molar-refractivity contribution in [2.45, 2.75) is 25.8 Å². The Morgan fingerprint density at radius 3 is 2.76 bits per heavy atom. The molecule has 2 amide bonds. The number of halogens is 2. The number of pyridine rings is 2. The van der Waals surface area contributed by atoms with Gasteiger partial charge in [-0.05, 0) is 32.0 Å². The number of primary amides is 1. The summed E-state index contributed by atoms with van der Waals surface area (Å²) in [6.45, 7) is 3.14. The lowest BCUT2D eigenvalue weighted by atomic mass is 9.85. The van der Waals surface area contributed by atoms with Gasteiger partial charge in [0, 0.05) is 11.8 Å². The Morgan fingerprint density at radius 1 is 1.24 bits per heavy atom. The summed E-state index contributed by atoms with van der Waals surface area (Å²) in [6, 6.07) is 3.90. The Morgan fingerprint density at radius 2 is 2.03 bits per heavy atom. The molecule has 10 nitrogen and oxygen atoms in total. The Hall–Kier alpha value is -4.35. The van der Waals surface area contributed by atoms with Crippen molar-refractivity contribution in [2.75, 3.05) is 5.32 Å². The van der Waals surface area contributed by atoms with E-state index in [9.17, 15) is 18.4 Å². The van der Waals surface area contributed by atoms with E-state index in [1.54, 1.807) is 13.8 Å². The van der Waals surface area contributed by atoms with Gasteiger partial charge in [0.05, 0.1) is 29.2 Å². The largest absolute Gasteiger partial charge is 0.364 e. The number of fused-ring (bicyclic) bond motifs is 2. The van der Waals surface area contributed by atoms with Gasteiger partial charge in [0.1, 0.15) is 28.8 Å². The molecule has 0 radical (unpaired) electrons. The highest BCUT2D eigenvalue weighted by Crippen LogP contribution is 2.39. The number of nitrogens with zero attached hydrogens (tertiary/aromatic N) is 6. The first-order valence-electron chi connectivity index (χ1n) is 9.82. The first-order chi connectivity index (χ1) is 15.7. The van der Waals surface area contributed by atoms with E-state index < -0.39 is 23.0 Å². The maximum Gasteiger partial charge on any atom is 0.267 e. The normalized spacial score (nSPS) is 14.4. The van der Waals surface area contributed by atoms with Crippen LogP contribution in [0.3, 0.4) is 0 Å². The molecule has 1 aliphatic rings. The van der Waals surface area contributed by atoms with Gasteiger partial charge in [-0.25, -0.2) is 28.4 Å². The van der Waals surface area contributed by atoms with Gasteiger partial charge in [0.2, 0.25) is 5.91 Å². The predicted molar refractivity (Wildman–Crippen MR) is 112 cm³/mol. The van der Waals surface area contributed by atoms with Gasteiger partial charge in [-0.2, -0.15) is 5.10 Å². The number of carbonyl (C=O) groups is 2. The maximum atomic E-state index is 14.2. The summed E-state index contributed by atoms with van der Waals surface area (Å²) in [5, 5.41) is 7.26. The molecule has 0 saturated heterocycles. The Balaban J connectivity index is 1.73. The van der Waals surface area contributed by atoms with Crippen molar-refractivity contribution >= 4 is 28.7 Å². The third-order valence-electron chi connectivity index (χ3n) is 5.47. The van der Waals surface area contributed by atoms with E-state index in [0.717, 1.165) is 6.20 Å². The van der Waals surface area contributed by atoms with Crippen LogP contribution in [0.1, 0.15) is 35.6 Å². The van der Waals surface area contributed by atoms with Crippen molar-refractivity contribution in [1.29, 1.82) is 0 Å². The van der Waals surface area contributed by atoms with Crippen molar-refractivity contribution < 1.29 is 18.4 Å². The van der Waals surface area contributed by atoms with Crippen molar-refractivity contribution in [3.8, 4) is 11.5 Å². The number of nitrogens with one attached hydrogen (secondary N) is 1. The molecule has 0 aromatic carbocycles. The second-order valence-electron chi connectivity index (χ2n) is 8.03. The zero-order valence-corrected chi connectivity index (χ0v) is 17.4. The van der Waals surface area contributed by atoms with E-state index in [-0.39, 0.29) is 57.8 Å². The van der Waals surface area contributed by atoms with E-state index >= 15 is 0 Å². The monoisotopic (exact) mass is 450 g/mol. The average Bonchev–Trinajstić information content (AvgIpc) is 3.22. The molecule has 0 aliphatic carbocycles. The minimum atomic E-state index is -1.08. The fraction of sp³-hybridized carbons (Fsp3) is 0.190. The fourth-order valence-electron chi connectivity index (χ4n) is 3.79. The molecule has 33 heavy (non-hydrogen) atoms. The van der Waals surface area contributed by atoms with E-state index in [1.165, 1.54) is 29.1 Å². The minimum absolute atomic E-state index is 0.0711. The van der Waals surface area contributed by atoms with Crippen LogP contribution in [-0.2, 0) is 16.8 Å². The Labute approximate surface area is 184 Å². The number of hydrogen-bond donors (Lipinski definition) is 2. The van der Waals surface area contributed by atoms with Gasteiger partial charge in [-0.3, -0.25) is 14.6 Å². The molecule has 5 heterocycles. The number of amides is 2. The predicted octanol–water partition coefficient (Wildman–Crippen LogP) is 1.94. The summed E-state index contributed by atoms with van der Waals surface area (Å²) in [5.74, 6) is -2.37. The summed E-state index contributed by atoms with van der Waals surface area (Å²) in [4.78, 5) is 41.3. The smallest absolute Gasteiger partial charge is 0.267 e. The molecule has 166 valence electrons. The first-order valence-corrected chi connectivity index (χ1v) is 9.82. The molecule has 0 bridgehead atoms. The van der Waals surface area contributed by atoms with Crippen LogP contribution in [-0.4, -0.2) is 41.5 Å². The van der Waals surface area contributed by atoms with Crippen molar-refractivity contribution in [1.82, 2.24) is 29.7 Å². The number of aromatic nitrogens is 6. The van der Waals surface area contributed by atoms with E-state index in [4.69, 9.17) is 5.73 Å². The Bertz CT molecular complexity index is 1480. The molecule has 3 N–H and O–H groups in total. The summed E-state index contributed by atoms with van der Waals surface area (Å²) >= 11 is 0. The molecule has 12 heteroatoms.